The molecule has 1 fully saturated rings. The predicted octanol–water partition coefficient (Wildman–Crippen LogP) is 4.21. The highest BCUT2D eigenvalue weighted by atomic mass is 32.2. The lowest BCUT2D eigenvalue weighted by atomic mass is 9.97. The highest BCUT2D eigenvalue weighted by molar-refractivity contribution is 7.91. The van der Waals surface area contributed by atoms with Gasteiger partial charge >= 0.3 is 0 Å². The molecule has 2 aromatic carbocycles. The fraction of sp³-hybridized carbons (Fsp3) is 0.318. The van der Waals surface area contributed by atoms with Crippen LogP contribution in [0.25, 0.3) is 10.9 Å². The average molecular weight is 432 g/mol. The zero-order valence-corrected chi connectivity index (χ0v) is 17.3. The number of halogens is 2. The lowest BCUT2D eigenvalue weighted by Gasteiger charge is -2.35. The van der Waals surface area contributed by atoms with Gasteiger partial charge in [-0.25, -0.2) is 17.2 Å². The molecule has 0 radical (unpaired) electrons. The third kappa shape index (κ3) is 3.89. The van der Waals surface area contributed by atoms with Gasteiger partial charge in [0.15, 0.2) is 0 Å². The van der Waals surface area contributed by atoms with Crippen LogP contribution < -0.4 is 4.90 Å². The van der Waals surface area contributed by atoms with E-state index in [9.17, 15) is 17.2 Å². The van der Waals surface area contributed by atoms with Gasteiger partial charge in [0.25, 0.3) is 0 Å². The van der Waals surface area contributed by atoms with Gasteiger partial charge in [0.1, 0.15) is 16.5 Å². The summed E-state index contributed by atoms with van der Waals surface area (Å²) in [6.45, 7) is 1.89. The molecular weight excluding hydrogens is 410 g/mol. The monoisotopic (exact) mass is 432 g/mol. The molecule has 30 heavy (non-hydrogen) atoms. The van der Waals surface area contributed by atoms with Crippen molar-refractivity contribution in [2.75, 3.05) is 31.7 Å². The van der Waals surface area contributed by atoms with E-state index in [2.05, 4.69) is 4.98 Å². The first kappa shape index (κ1) is 20.7. The van der Waals surface area contributed by atoms with Crippen LogP contribution in [0, 0.1) is 17.6 Å². The molecule has 158 valence electrons. The predicted molar refractivity (Wildman–Crippen MR) is 110 cm³/mol. The molecule has 0 N–H and O–H groups in total. The number of hydrogen-bond acceptors (Lipinski definition) is 5. The molecule has 1 aliphatic heterocycles. The first-order valence-electron chi connectivity index (χ1n) is 9.73. The Kier molecular flexibility index (Phi) is 5.71. The van der Waals surface area contributed by atoms with Crippen molar-refractivity contribution in [2.24, 2.45) is 5.92 Å². The second-order valence-electron chi connectivity index (χ2n) is 7.48. The molecule has 5 nitrogen and oxygen atoms in total. The molecule has 0 amide bonds. The van der Waals surface area contributed by atoms with Crippen LogP contribution in [0.5, 0.6) is 0 Å². The fourth-order valence-electron chi connectivity index (χ4n) is 3.96. The van der Waals surface area contributed by atoms with Crippen LogP contribution in [0.15, 0.2) is 58.5 Å². The number of methoxy groups -OCH3 is 1. The van der Waals surface area contributed by atoms with Gasteiger partial charge in [0, 0.05) is 38.4 Å². The molecule has 0 unspecified atom stereocenters. The molecule has 3 aromatic rings. The third-order valence-corrected chi connectivity index (χ3v) is 7.29. The Balaban J connectivity index is 1.86. The van der Waals surface area contributed by atoms with Crippen LogP contribution >= 0.6 is 0 Å². The standard InChI is InChI=1S/C22H22F2N2O3S/c1-29-14-15-8-10-26(11-9-15)22-19-12-17(24)4-7-20(19)25-13-21(22)30(27,28)18-5-2-16(23)3-6-18/h2-7,12-13,15H,8-11,14H2,1H3. The smallest absolute Gasteiger partial charge is 0.210 e. The molecule has 1 saturated heterocycles. The van der Waals surface area contributed by atoms with Gasteiger partial charge < -0.3 is 9.64 Å². The zero-order chi connectivity index (χ0) is 21.3. The van der Waals surface area contributed by atoms with E-state index in [0.29, 0.717) is 42.2 Å². The summed E-state index contributed by atoms with van der Waals surface area (Å²) in [6.07, 6.45) is 2.99. The number of aromatic nitrogens is 1. The summed E-state index contributed by atoms with van der Waals surface area (Å²) in [6, 6.07) is 8.85. The molecule has 2 heterocycles. The number of rotatable bonds is 5. The van der Waals surface area contributed by atoms with Crippen LogP contribution in [0.3, 0.4) is 0 Å². The van der Waals surface area contributed by atoms with Crippen LogP contribution in [0.1, 0.15) is 12.8 Å². The highest BCUT2D eigenvalue weighted by Gasteiger charge is 2.29. The Hall–Kier alpha value is -2.58. The van der Waals surface area contributed by atoms with Crippen molar-refractivity contribution < 1.29 is 21.9 Å². The maximum atomic E-state index is 14.1. The topological polar surface area (TPSA) is 59.5 Å². The van der Waals surface area contributed by atoms with Crippen molar-refractivity contribution in [3.8, 4) is 0 Å². The number of benzene rings is 2. The summed E-state index contributed by atoms with van der Waals surface area (Å²) >= 11 is 0. The van der Waals surface area contributed by atoms with Gasteiger partial charge in [-0.3, -0.25) is 4.98 Å². The van der Waals surface area contributed by atoms with Crippen molar-refractivity contribution >= 4 is 26.4 Å². The normalized spacial score (nSPS) is 15.6. The summed E-state index contributed by atoms with van der Waals surface area (Å²) < 4.78 is 59.5. The number of piperidine rings is 1. The van der Waals surface area contributed by atoms with Gasteiger partial charge in [0.05, 0.1) is 16.1 Å². The van der Waals surface area contributed by atoms with Gasteiger partial charge in [-0.2, -0.15) is 0 Å². The van der Waals surface area contributed by atoms with E-state index in [-0.39, 0.29) is 9.79 Å². The van der Waals surface area contributed by atoms with Crippen molar-refractivity contribution in [3.05, 3.63) is 60.3 Å². The van der Waals surface area contributed by atoms with Crippen molar-refractivity contribution in [1.29, 1.82) is 0 Å². The summed E-state index contributed by atoms with van der Waals surface area (Å²) in [4.78, 5) is 6.21. The number of hydrogen-bond donors (Lipinski definition) is 0. The average Bonchev–Trinajstić information content (AvgIpc) is 2.74. The number of anilines is 1. The maximum Gasteiger partial charge on any atom is 0.210 e. The second kappa shape index (κ2) is 8.28. The van der Waals surface area contributed by atoms with Crippen molar-refractivity contribution in [1.82, 2.24) is 4.98 Å². The quantitative estimate of drug-likeness (QED) is 0.566. The molecular formula is C22H22F2N2O3S. The lowest BCUT2D eigenvalue weighted by Crippen LogP contribution is -2.36. The van der Waals surface area contributed by atoms with E-state index in [1.54, 1.807) is 13.2 Å². The van der Waals surface area contributed by atoms with Gasteiger partial charge in [-0.1, -0.05) is 0 Å². The van der Waals surface area contributed by atoms with Gasteiger partial charge in [0.2, 0.25) is 9.84 Å². The molecule has 1 aliphatic rings. The van der Waals surface area contributed by atoms with Crippen LogP contribution in [0.4, 0.5) is 14.5 Å². The van der Waals surface area contributed by atoms with E-state index in [1.165, 1.54) is 30.5 Å². The zero-order valence-electron chi connectivity index (χ0n) is 16.5. The SMILES string of the molecule is COCC1CCN(c2c(S(=O)(=O)c3ccc(F)cc3)cnc3ccc(F)cc23)CC1. The van der Waals surface area contributed by atoms with Crippen molar-refractivity contribution in [3.63, 3.8) is 0 Å². The molecule has 0 spiro atoms. The summed E-state index contributed by atoms with van der Waals surface area (Å²) in [7, 11) is -2.32. The molecule has 4 rings (SSSR count). The second-order valence-corrected chi connectivity index (χ2v) is 9.39. The summed E-state index contributed by atoms with van der Waals surface area (Å²) in [5, 5.41) is 0.448. The number of sulfone groups is 1. The van der Waals surface area contributed by atoms with E-state index in [0.717, 1.165) is 25.0 Å². The number of ether oxygens (including phenoxy) is 1. The Morgan fingerprint density at radius 1 is 1.07 bits per heavy atom. The minimum atomic E-state index is -3.98. The van der Waals surface area contributed by atoms with E-state index < -0.39 is 21.5 Å². The summed E-state index contributed by atoms with van der Waals surface area (Å²) in [5.74, 6) is -0.586. The Labute approximate surface area is 174 Å². The molecule has 1 aromatic heterocycles. The Bertz CT molecular complexity index is 1160. The lowest BCUT2D eigenvalue weighted by molar-refractivity contribution is 0.139. The number of fused-ring (bicyclic) bond motifs is 1. The van der Waals surface area contributed by atoms with Gasteiger partial charge in [-0.05, 0) is 61.2 Å². The number of pyridine rings is 1. The maximum absolute atomic E-state index is 14.1. The first-order valence-corrected chi connectivity index (χ1v) is 11.2. The van der Waals surface area contributed by atoms with Gasteiger partial charge in [-0.15, -0.1) is 0 Å². The molecule has 0 atom stereocenters. The molecule has 0 aliphatic carbocycles. The minimum absolute atomic E-state index is 0.00241. The van der Waals surface area contributed by atoms with E-state index >= 15 is 0 Å². The Morgan fingerprint density at radius 3 is 2.40 bits per heavy atom. The number of nitrogens with zero attached hydrogens (tertiary/aromatic N) is 2. The third-order valence-electron chi connectivity index (χ3n) is 5.51. The van der Waals surface area contributed by atoms with Crippen LogP contribution in [-0.4, -0.2) is 40.2 Å². The molecule has 8 heteroatoms. The largest absolute Gasteiger partial charge is 0.384 e. The first-order chi connectivity index (χ1) is 14.4. The van der Waals surface area contributed by atoms with E-state index in [1.807, 2.05) is 4.90 Å². The van der Waals surface area contributed by atoms with Crippen molar-refractivity contribution in [2.45, 2.75) is 22.6 Å². The fourth-order valence-corrected chi connectivity index (χ4v) is 5.39. The van der Waals surface area contributed by atoms with Crippen LogP contribution in [0.2, 0.25) is 0 Å². The summed E-state index contributed by atoms with van der Waals surface area (Å²) in [5.41, 5.74) is 0.961. The molecule has 0 saturated carbocycles. The Morgan fingerprint density at radius 2 is 1.73 bits per heavy atom. The van der Waals surface area contributed by atoms with Crippen LogP contribution in [-0.2, 0) is 14.6 Å². The highest BCUT2D eigenvalue weighted by Crippen LogP contribution is 2.38. The van der Waals surface area contributed by atoms with E-state index in [4.69, 9.17) is 4.74 Å². The molecule has 0 bridgehead atoms. The minimum Gasteiger partial charge on any atom is -0.384 e.